The van der Waals surface area contributed by atoms with Gasteiger partial charge < -0.3 is 5.73 Å². The third-order valence-corrected chi connectivity index (χ3v) is 5.29. The van der Waals surface area contributed by atoms with Crippen LogP contribution >= 0.6 is 11.8 Å². The molecule has 0 fully saturated rings. The van der Waals surface area contributed by atoms with Crippen molar-refractivity contribution in [3.05, 3.63) is 76.1 Å². The minimum absolute atomic E-state index is 0.0178. The summed E-state index contributed by atoms with van der Waals surface area (Å²) < 4.78 is 1.24. The van der Waals surface area contributed by atoms with Crippen molar-refractivity contribution in [3.63, 3.8) is 0 Å². The first kappa shape index (κ1) is 17.1. The van der Waals surface area contributed by atoms with Gasteiger partial charge in [0.2, 0.25) is 0 Å². The molecule has 3 aromatic rings. The van der Waals surface area contributed by atoms with E-state index in [1.807, 2.05) is 42.7 Å². The van der Waals surface area contributed by atoms with Gasteiger partial charge in [-0.3, -0.25) is 24.3 Å². The number of hydrogen-bond donors (Lipinski definition) is 2. The third-order valence-electron chi connectivity index (χ3n) is 4.50. The van der Waals surface area contributed by atoms with Crippen molar-refractivity contribution in [2.75, 3.05) is 12.0 Å². The molecule has 6 nitrogen and oxygen atoms in total. The highest BCUT2D eigenvalue weighted by Gasteiger charge is 2.31. The monoisotopic (exact) mass is 377 g/mol. The maximum absolute atomic E-state index is 12.5. The molecular formula is C20H15N3O3S. The van der Waals surface area contributed by atoms with E-state index in [0.29, 0.717) is 5.69 Å². The Hall–Kier alpha value is -3.32. The number of anilines is 1. The highest BCUT2D eigenvalue weighted by molar-refractivity contribution is 7.98. The topological polar surface area (TPSA) is 94.2 Å². The lowest BCUT2D eigenvalue weighted by Gasteiger charge is -2.13. The number of aromatic nitrogens is 1. The predicted octanol–water partition coefficient (Wildman–Crippen LogP) is 2.69. The number of rotatable bonds is 3. The Balaban J connectivity index is 1.82. The summed E-state index contributed by atoms with van der Waals surface area (Å²) in [5.41, 5.74) is 8.28. The standard InChI is InChI=1S/C20H15N3O3S/c1-27-15-5-3-2-4-13(15)11-6-8-12(9-7-11)23-16(24)10-14-17(18(23)21)20(26)22-19(14)25/h2-10H,21H2,1H3,(H,22,25,26). The second-order valence-electron chi connectivity index (χ2n) is 6.02. The van der Waals surface area contributed by atoms with E-state index in [-0.39, 0.29) is 16.9 Å². The van der Waals surface area contributed by atoms with Crippen LogP contribution in [0.3, 0.4) is 0 Å². The van der Waals surface area contributed by atoms with E-state index in [1.165, 1.54) is 4.57 Å². The molecule has 0 saturated heterocycles. The van der Waals surface area contributed by atoms with Crippen molar-refractivity contribution in [1.29, 1.82) is 0 Å². The number of nitrogen functional groups attached to an aromatic ring is 1. The van der Waals surface area contributed by atoms with Crippen molar-refractivity contribution in [2.45, 2.75) is 4.90 Å². The van der Waals surface area contributed by atoms with Crippen LogP contribution in [0.15, 0.2) is 64.3 Å². The van der Waals surface area contributed by atoms with Crippen LogP contribution in [0.25, 0.3) is 16.8 Å². The van der Waals surface area contributed by atoms with Crippen LogP contribution in [0.1, 0.15) is 20.7 Å². The molecule has 1 aromatic heterocycles. The Morgan fingerprint density at radius 3 is 2.33 bits per heavy atom. The number of pyridine rings is 1. The fraction of sp³-hybridized carbons (Fsp3) is 0.0500. The van der Waals surface area contributed by atoms with E-state index in [9.17, 15) is 14.4 Å². The molecule has 27 heavy (non-hydrogen) atoms. The SMILES string of the molecule is CSc1ccccc1-c1ccc(-n2c(N)c3c(cc2=O)C(=O)NC3=O)cc1. The minimum Gasteiger partial charge on any atom is -0.384 e. The van der Waals surface area contributed by atoms with Crippen molar-refractivity contribution >= 4 is 29.4 Å². The Labute approximate surface area is 159 Å². The molecule has 2 aromatic carbocycles. The summed E-state index contributed by atoms with van der Waals surface area (Å²) in [6, 6.07) is 16.5. The largest absolute Gasteiger partial charge is 0.384 e. The van der Waals surface area contributed by atoms with Gasteiger partial charge in [-0.15, -0.1) is 11.8 Å². The maximum Gasteiger partial charge on any atom is 0.262 e. The van der Waals surface area contributed by atoms with Gasteiger partial charge in [0.15, 0.2) is 0 Å². The Bertz CT molecular complexity index is 1150. The van der Waals surface area contributed by atoms with Crippen molar-refractivity contribution in [3.8, 4) is 16.8 Å². The van der Waals surface area contributed by atoms with Gasteiger partial charge in [-0.1, -0.05) is 30.3 Å². The first-order valence-electron chi connectivity index (χ1n) is 8.16. The maximum atomic E-state index is 12.5. The number of nitrogens with zero attached hydrogens (tertiary/aromatic N) is 1. The number of carbonyl (C=O) groups excluding carboxylic acids is 2. The number of benzene rings is 2. The molecule has 2 heterocycles. The number of nitrogens with one attached hydrogen (secondary N) is 1. The third kappa shape index (κ3) is 2.72. The van der Waals surface area contributed by atoms with Gasteiger partial charge >= 0.3 is 0 Å². The number of fused-ring (bicyclic) bond motifs is 1. The predicted molar refractivity (Wildman–Crippen MR) is 105 cm³/mol. The average Bonchev–Trinajstić information content (AvgIpc) is 2.96. The second-order valence-corrected chi connectivity index (χ2v) is 6.87. The molecule has 0 atom stereocenters. The quantitative estimate of drug-likeness (QED) is 0.541. The molecule has 0 aliphatic carbocycles. The van der Waals surface area contributed by atoms with Gasteiger partial charge in [0.25, 0.3) is 17.4 Å². The van der Waals surface area contributed by atoms with Gasteiger partial charge in [0.1, 0.15) is 5.82 Å². The molecule has 0 unspecified atom stereocenters. The van der Waals surface area contributed by atoms with E-state index >= 15 is 0 Å². The highest BCUT2D eigenvalue weighted by atomic mass is 32.2. The van der Waals surface area contributed by atoms with Gasteiger partial charge in [-0.25, -0.2) is 0 Å². The number of hydrogen-bond acceptors (Lipinski definition) is 5. The molecule has 134 valence electrons. The molecule has 0 spiro atoms. The Morgan fingerprint density at radius 1 is 0.926 bits per heavy atom. The molecule has 4 rings (SSSR count). The van der Waals surface area contributed by atoms with Crippen LogP contribution in [-0.4, -0.2) is 22.6 Å². The zero-order valence-electron chi connectivity index (χ0n) is 14.4. The van der Waals surface area contributed by atoms with E-state index in [0.717, 1.165) is 22.1 Å². The highest BCUT2D eigenvalue weighted by Crippen LogP contribution is 2.31. The van der Waals surface area contributed by atoms with Crippen LogP contribution in [0, 0.1) is 0 Å². The lowest BCUT2D eigenvalue weighted by atomic mass is 10.0. The molecule has 1 aliphatic rings. The molecular weight excluding hydrogens is 362 g/mol. The van der Waals surface area contributed by atoms with Crippen molar-refractivity contribution < 1.29 is 9.59 Å². The number of nitrogens with two attached hydrogens (primary N) is 1. The van der Waals surface area contributed by atoms with E-state index < -0.39 is 17.4 Å². The summed E-state index contributed by atoms with van der Waals surface area (Å²) in [6.45, 7) is 0. The summed E-state index contributed by atoms with van der Waals surface area (Å²) >= 11 is 1.66. The van der Waals surface area contributed by atoms with Crippen molar-refractivity contribution in [2.24, 2.45) is 0 Å². The molecule has 7 heteroatoms. The van der Waals surface area contributed by atoms with Crippen LogP contribution in [0.5, 0.6) is 0 Å². The zero-order valence-corrected chi connectivity index (χ0v) is 15.2. The van der Waals surface area contributed by atoms with E-state index in [1.54, 1.807) is 23.9 Å². The fourth-order valence-corrected chi connectivity index (χ4v) is 3.84. The summed E-state index contributed by atoms with van der Waals surface area (Å²) in [5, 5.41) is 2.16. The lowest BCUT2D eigenvalue weighted by Crippen LogP contribution is -2.24. The number of imide groups is 1. The van der Waals surface area contributed by atoms with Gasteiger partial charge in [0, 0.05) is 11.0 Å². The van der Waals surface area contributed by atoms with Gasteiger partial charge in [0.05, 0.1) is 16.8 Å². The smallest absolute Gasteiger partial charge is 0.262 e. The van der Waals surface area contributed by atoms with Crippen molar-refractivity contribution in [1.82, 2.24) is 9.88 Å². The molecule has 0 radical (unpaired) electrons. The molecule has 0 bridgehead atoms. The normalized spacial score (nSPS) is 12.8. The zero-order chi connectivity index (χ0) is 19.1. The summed E-state index contributed by atoms with van der Waals surface area (Å²) in [7, 11) is 0. The van der Waals surface area contributed by atoms with Crippen LogP contribution < -0.4 is 16.6 Å². The first-order chi connectivity index (χ1) is 13.0. The van der Waals surface area contributed by atoms with E-state index in [2.05, 4.69) is 5.32 Å². The van der Waals surface area contributed by atoms with Crippen LogP contribution in [0.4, 0.5) is 5.82 Å². The summed E-state index contributed by atoms with van der Waals surface area (Å²) in [5.74, 6) is -1.24. The number of thioether (sulfide) groups is 1. The fourth-order valence-electron chi connectivity index (χ4n) is 3.22. The molecule has 0 saturated carbocycles. The first-order valence-corrected chi connectivity index (χ1v) is 9.39. The summed E-state index contributed by atoms with van der Waals surface area (Å²) in [6.07, 6.45) is 2.02. The molecule has 3 N–H and O–H groups in total. The van der Waals surface area contributed by atoms with E-state index in [4.69, 9.17) is 5.73 Å². The molecule has 2 amide bonds. The van der Waals surface area contributed by atoms with Gasteiger partial charge in [-0.05, 0) is 35.6 Å². The lowest BCUT2D eigenvalue weighted by molar-refractivity contribution is 0.0880. The average molecular weight is 377 g/mol. The minimum atomic E-state index is -0.602. The van der Waals surface area contributed by atoms with Gasteiger partial charge in [-0.2, -0.15) is 0 Å². The van der Waals surface area contributed by atoms with Crippen LogP contribution in [-0.2, 0) is 0 Å². The molecule has 1 aliphatic heterocycles. The second kappa shape index (κ2) is 6.44. The summed E-state index contributed by atoms with van der Waals surface area (Å²) in [4.78, 5) is 37.4. The Kier molecular flexibility index (Phi) is 4.08. The number of carbonyl (C=O) groups is 2. The number of amides is 2. The Morgan fingerprint density at radius 2 is 1.63 bits per heavy atom. The van der Waals surface area contributed by atoms with Crippen LogP contribution in [0.2, 0.25) is 0 Å².